The van der Waals surface area contributed by atoms with Crippen molar-refractivity contribution in [1.29, 1.82) is 0 Å². The first-order valence-electron chi connectivity index (χ1n) is 6.91. The van der Waals surface area contributed by atoms with Crippen LogP contribution in [0.4, 0.5) is 0 Å². The topological polar surface area (TPSA) is 64.6 Å². The molecule has 120 valence electrons. The van der Waals surface area contributed by atoms with Gasteiger partial charge in [-0.25, -0.2) is 0 Å². The predicted octanol–water partition coefficient (Wildman–Crippen LogP) is 2.82. The number of nitrogens with one attached hydrogen (secondary N) is 1. The molecular weight excluding hydrogens is 318 g/mol. The number of hydrogen-bond acceptors (Lipinski definition) is 4. The molecule has 0 saturated heterocycles. The Morgan fingerprint density at radius 2 is 1.91 bits per heavy atom. The number of rotatable bonds is 6. The predicted molar refractivity (Wildman–Crippen MR) is 86.6 cm³/mol. The molecule has 0 unspecified atom stereocenters. The van der Waals surface area contributed by atoms with Gasteiger partial charge in [0.2, 0.25) is 0 Å². The fourth-order valence-corrected chi connectivity index (χ4v) is 2.13. The smallest absolute Gasteiger partial charge is 0.325 e. The molecule has 1 N–H and O–H groups in total. The van der Waals surface area contributed by atoms with Crippen LogP contribution in [0.2, 0.25) is 5.02 Å². The van der Waals surface area contributed by atoms with Gasteiger partial charge < -0.3 is 14.8 Å². The van der Waals surface area contributed by atoms with Gasteiger partial charge in [-0.1, -0.05) is 35.9 Å². The summed E-state index contributed by atoms with van der Waals surface area (Å²) in [4.78, 5) is 23.7. The molecule has 1 amide bonds. The van der Waals surface area contributed by atoms with Crippen molar-refractivity contribution in [3.8, 4) is 5.75 Å². The van der Waals surface area contributed by atoms with Crippen molar-refractivity contribution in [3.05, 3.63) is 64.7 Å². The third kappa shape index (κ3) is 5.00. The van der Waals surface area contributed by atoms with E-state index in [2.05, 4.69) is 5.32 Å². The Morgan fingerprint density at radius 3 is 2.65 bits per heavy atom. The van der Waals surface area contributed by atoms with Crippen LogP contribution in [0.15, 0.2) is 48.5 Å². The average molecular weight is 334 g/mol. The van der Waals surface area contributed by atoms with E-state index in [1.807, 2.05) is 0 Å². The van der Waals surface area contributed by atoms with E-state index in [9.17, 15) is 9.59 Å². The van der Waals surface area contributed by atoms with Crippen LogP contribution in [0.3, 0.4) is 0 Å². The second-order valence-corrected chi connectivity index (χ2v) is 5.11. The summed E-state index contributed by atoms with van der Waals surface area (Å²) in [6.45, 7) is -0.124. The molecule has 0 heterocycles. The molecule has 0 aliphatic rings. The van der Waals surface area contributed by atoms with E-state index in [-0.39, 0.29) is 13.2 Å². The van der Waals surface area contributed by atoms with Gasteiger partial charge in [0.1, 0.15) is 18.9 Å². The van der Waals surface area contributed by atoms with Crippen LogP contribution in [0.1, 0.15) is 15.9 Å². The molecule has 5 nitrogen and oxygen atoms in total. The Bertz CT molecular complexity index is 702. The molecule has 2 aromatic rings. The molecular formula is C17H16ClNO4. The maximum Gasteiger partial charge on any atom is 0.325 e. The van der Waals surface area contributed by atoms with Crippen molar-refractivity contribution < 1.29 is 19.1 Å². The van der Waals surface area contributed by atoms with Gasteiger partial charge in [0, 0.05) is 5.02 Å². The summed E-state index contributed by atoms with van der Waals surface area (Å²) < 4.78 is 10.2. The highest BCUT2D eigenvalue weighted by atomic mass is 35.5. The first kappa shape index (κ1) is 16.8. The van der Waals surface area contributed by atoms with Crippen molar-refractivity contribution in [2.75, 3.05) is 13.7 Å². The number of halogens is 1. The van der Waals surface area contributed by atoms with E-state index in [4.69, 9.17) is 21.1 Å². The molecule has 0 atom stereocenters. The Balaban J connectivity index is 1.83. The number of amides is 1. The molecule has 0 saturated carbocycles. The van der Waals surface area contributed by atoms with Gasteiger partial charge in [0.25, 0.3) is 5.91 Å². The summed E-state index contributed by atoms with van der Waals surface area (Å²) in [5.74, 6) is -0.493. The van der Waals surface area contributed by atoms with E-state index >= 15 is 0 Å². The molecule has 0 spiro atoms. The van der Waals surface area contributed by atoms with Crippen LogP contribution in [0, 0.1) is 0 Å². The lowest BCUT2D eigenvalue weighted by atomic mass is 10.2. The van der Waals surface area contributed by atoms with E-state index in [1.165, 1.54) is 7.11 Å². The van der Waals surface area contributed by atoms with Gasteiger partial charge in [0.15, 0.2) is 0 Å². The van der Waals surface area contributed by atoms with Gasteiger partial charge in [-0.05, 0) is 29.8 Å². The second kappa shape index (κ2) is 8.19. The van der Waals surface area contributed by atoms with Crippen LogP contribution in [0.25, 0.3) is 0 Å². The highest BCUT2D eigenvalue weighted by molar-refractivity contribution is 6.30. The minimum absolute atomic E-state index is 0.101. The molecule has 23 heavy (non-hydrogen) atoms. The zero-order valence-corrected chi connectivity index (χ0v) is 13.3. The van der Waals surface area contributed by atoms with Crippen LogP contribution in [-0.4, -0.2) is 25.5 Å². The first-order chi connectivity index (χ1) is 11.1. The molecule has 0 aromatic heterocycles. The largest absolute Gasteiger partial charge is 0.496 e. The highest BCUT2D eigenvalue weighted by Crippen LogP contribution is 2.16. The number of hydrogen-bond donors (Lipinski definition) is 1. The van der Waals surface area contributed by atoms with E-state index in [1.54, 1.807) is 48.5 Å². The standard InChI is InChI=1S/C17H16ClNO4/c1-22-15-8-3-2-7-14(15)17(21)19-10-16(20)23-11-12-5-4-6-13(18)9-12/h2-9H,10-11H2,1H3,(H,19,21). The molecule has 0 fully saturated rings. The molecule has 0 bridgehead atoms. The summed E-state index contributed by atoms with van der Waals surface area (Å²) in [6, 6.07) is 13.8. The zero-order chi connectivity index (χ0) is 16.7. The lowest BCUT2D eigenvalue weighted by Gasteiger charge is -2.09. The summed E-state index contributed by atoms with van der Waals surface area (Å²) in [6.07, 6.45) is 0. The molecule has 2 rings (SSSR count). The van der Waals surface area contributed by atoms with E-state index < -0.39 is 11.9 Å². The SMILES string of the molecule is COc1ccccc1C(=O)NCC(=O)OCc1cccc(Cl)c1. The van der Waals surface area contributed by atoms with Gasteiger partial charge in [-0.15, -0.1) is 0 Å². The Labute approximate surface area is 139 Å². The number of methoxy groups -OCH3 is 1. The van der Waals surface area contributed by atoms with Crippen molar-refractivity contribution >= 4 is 23.5 Å². The molecule has 0 aliphatic heterocycles. The molecule has 6 heteroatoms. The van der Waals surface area contributed by atoms with Gasteiger partial charge >= 0.3 is 5.97 Å². The van der Waals surface area contributed by atoms with Crippen LogP contribution < -0.4 is 10.1 Å². The number of ether oxygens (including phenoxy) is 2. The van der Waals surface area contributed by atoms with Crippen molar-refractivity contribution in [3.63, 3.8) is 0 Å². The lowest BCUT2D eigenvalue weighted by molar-refractivity contribution is -0.143. The molecule has 2 aromatic carbocycles. The summed E-state index contributed by atoms with van der Waals surface area (Å²) in [7, 11) is 1.48. The van der Waals surface area contributed by atoms with Crippen LogP contribution >= 0.6 is 11.6 Å². The van der Waals surface area contributed by atoms with Gasteiger partial charge in [-0.3, -0.25) is 9.59 Å². The average Bonchev–Trinajstić information content (AvgIpc) is 2.57. The Hall–Kier alpha value is -2.53. The Kier molecular flexibility index (Phi) is 6.00. The minimum atomic E-state index is -0.534. The highest BCUT2D eigenvalue weighted by Gasteiger charge is 2.13. The van der Waals surface area contributed by atoms with E-state index in [0.29, 0.717) is 16.3 Å². The van der Waals surface area contributed by atoms with Crippen molar-refractivity contribution in [2.45, 2.75) is 6.61 Å². The quantitative estimate of drug-likeness (QED) is 0.826. The van der Waals surface area contributed by atoms with Crippen LogP contribution in [0.5, 0.6) is 5.75 Å². The molecule has 0 radical (unpaired) electrons. The number of esters is 1. The van der Waals surface area contributed by atoms with Gasteiger partial charge in [0.05, 0.1) is 12.7 Å². The molecule has 0 aliphatic carbocycles. The zero-order valence-electron chi connectivity index (χ0n) is 12.5. The normalized spacial score (nSPS) is 10.0. The van der Waals surface area contributed by atoms with Gasteiger partial charge in [-0.2, -0.15) is 0 Å². The number of para-hydroxylation sites is 1. The number of carbonyl (C=O) groups excluding carboxylic acids is 2. The van der Waals surface area contributed by atoms with Crippen molar-refractivity contribution in [2.24, 2.45) is 0 Å². The maximum absolute atomic E-state index is 12.0. The van der Waals surface area contributed by atoms with Crippen molar-refractivity contribution in [1.82, 2.24) is 5.32 Å². The number of benzene rings is 2. The number of carbonyl (C=O) groups is 2. The van der Waals surface area contributed by atoms with E-state index in [0.717, 1.165) is 5.56 Å². The third-order valence-electron chi connectivity index (χ3n) is 3.03. The summed E-state index contributed by atoms with van der Waals surface area (Å²) in [5.41, 5.74) is 1.14. The lowest BCUT2D eigenvalue weighted by Crippen LogP contribution is -2.30. The summed E-state index contributed by atoms with van der Waals surface area (Å²) >= 11 is 5.85. The second-order valence-electron chi connectivity index (χ2n) is 4.67. The fraction of sp³-hybridized carbons (Fsp3) is 0.176. The third-order valence-corrected chi connectivity index (χ3v) is 3.27. The van der Waals surface area contributed by atoms with Crippen LogP contribution in [-0.2, 0) is 16.1 Å². The maximum atomic E-state index is 12.0. The minimum Gasteiger partial charge on any atom is -0.496 e. The Morgan fingerprint density at radius 1 is 1.13 bits per heavy atom. The fourth-order valence-electron chi connectivity index (χ4n) is 1.92. The monoisotopic (exact) mass is 333 g/mol. The summed E-state index contributed by atoms with van der Waals surface area (Å²) in [5, 5.41) is 3.07. The first-order valence-corrected chi connectivity index (χ1v) is 7.29.